The van der Waals surface area contributed by atoms with Gasteiger partial charge in [0, 0.05) is 5.56 Å². The van der Waals surface area contributed by atoms with E-state index in [4.69, 9.17) is 13.6 Å². The first kappa shape index (κ1) is 12.7. The van der Waals surface area contributed by atoms with Crippen LogP contribution in [0.5, 0.6) is 5.75 Å². The van der Waals surface area contributed by atoms with Gasteiger partial charge in [0.1, 0.15) is 16.7 Å². The molecule has 4 heteroatoms. The van der Waals surface area contributed by atoms with Crippen LogP contribution in [0.15, 0.2) is 68.4 Å². The van der Waals surface area contributed by atoms with Crippen LogP contribution >= 0.6 is 0 Å². The highest BCUT2D eigenvalue weighted by molar-refractivity contribution is 6.06. The third kappa shape index (κ3) is 1.81. The summed E-state index contributed by atoms with van der Waals surface area (Å²) in [5, 5.41) is 1.25. The van der Waals surface area contributed by atoms with E-state index in [1.54, 1.807) is 19.4 Å². The van der Waals surface area contributed by atoms with Crippen LogP contribution in [0.4, 0.5) is 0 Å². The monoisotopic (exact) mass is 292 g/mol. The molecule has 2 heterocycles. The fourth-order valence-corrected chi connectivity index (χ4v) is 2.64. The van der Waals surface area contributed by atoms with Crippen molar-refractivity contribution in [1.29, 1.82) is 0 Å². The first-order valence-electron chi connectivity index (χ1n) is 6.85. The molecule has 0 atom stereocenters. The molecular weight excluding hydrogens is 280 g/mol. The van der Waals surface area contributed by atoms with E-state index in [0.717, 1.165) is 22.3 Å². The summed E-state index contributed by atoms with van der Waals surface area (Å²) in [4.78, 5) is 12.3. The predicted molar refractivity (Wildman–Crippen MR) is 84.2 cm³/mol. The van der Waals surface area contributed by atoms with E-state index >= 15 is 0 Å². The standard InChI is InChI=1S/C18H12O4/c1-20-12-8-6-11(7-9-12)14-10-21-17-13-4-2-3-5-15(13)22-18(19)16(14)17/h2-10H,1H3. The second-order valence-corrected chi connectivity index (χ2v) is 4.97. The molecule has 4 nitrogen and oxygen atoms in total. The van der Waals surface area contributed by atoms with Gasteiger partial charge in [0.25, 0.3) is 0 Å². The van der Waals surface area contributed by atoms with Crippen molar-refractivity contribution in [2.24, 2.45) is 0 Å². The van der Waals surface area contributed by atoms with Crippen LogP contribution in [0.3, 0.4) is 0 Å². The van der Waals surface area contributed by atoms with E-state index in [-0.39, 0.29) is 0 Å². The van der Waals surface area contributed by atoms with Gasteiger partial charge in [-0.2, -0.15) is 0 Å². The van der Waals surface area contributed by atoms with Crippen LogP contribution in [-0.2, 0) is 0 Å². The lowest BCUT2D eigenvalue weighted by atomic mass is 10.0. The van der Waals surface area contributed by atoms with Gasteiger partial charge in [-0.3, -0.25) is 0 Å². The Morgan fingerprint density at radius 1 is 1.00 bits per heavy atom. The Labute approximate surface area is 125 Å². The zero-order valence-corrected chi connectivity index (χ0v) is 11.8. The average molecular weight is 292 g/mol. The minimum Gasteiger partial charge on any atom is -0.497 e. The van der Waals surface area contributed by atoms with Gasteiger partial charge in [-0.05, 0) is 29.8 Å². The third-order valence-corrected chi connectivity index (χ3v) is 3.73. The van der Waals surface area contributed by atoms with Gasteiger partial charge in [-0.15, -0.1) is 0 Å². The summed E-state index contributed by atoms with van der Waals surface area (Å²) >= 11 is 0. The van der Waals surface area contributed by atoms with E-state index in [2.05, 4.69) is 0 Å². The minimum absolute atomic E-state index is 0.395. The maximum absolute atomic E-state index is 12.3. The SMILES string of the molecule is COc1ccc(-c2coc3c2c(=O)oc2ccccc23)cc1. The summed E-state index contributed by atoms with van der Waals surface area (Å²) in [5.74, 6) is 0.758. The van der Waals surface area contributed by atoms with Crippen molar-refractivity contribution in [3.05, 3.63) is 65.2 Å². The molecule has 4 aromatic rings. The maximum Gasteiger partial charge on any atom is 0.348 e. The van der Waals surface area contributed by atoms with Crippen molar-refractivity contribution in [1.82, 2.24) is 0 Å². The number of rotatable bonds is 2. The molecule has 0 saturated heterocycles. The van der Waals surface area contributed by atoms with Gasteiger partial charge < -0.3 is 13.6 Å². The van der Waals surface area contributed by atoms with Gasteiger partial charge >= 0.3 is 5.63 Å². The van der Waals surface area contributed by atoms with E-state index in [9.17, 15) is 4.79 Å². The molecule has 0 N–H and O–H groups in total. The molecule has 0 aliphatic heterocycles. The van der Waals surface area contributed by atoms with Crippen molar-refractivity contribution >= 4 is 21.9 Å². The Morgan fingerprint density at radius 3 is 2.55 bits per heavy atom. The lowest BCUT2D eigenvalue weighted by Crippen LogP contribution is -1.99. The maximum atomic E-state index is 12.3. The topological polar surface area (TPSA) is 52.6 Å². The van der Waals surface area contributed by atoms with Crippen LogP contribution in [-0.4, -0.2) is 7.11 Å². The van der Waals surface area contributed by atoms with E-state index in [1.165, 1.54) is 0 Å². The number of benzene rings is 2. The molecule has 0 aliphatic carbocycles. The lowest BCUT2D eigenvalue weighted by molar-refractivity contribution is 0.415. The molecule has 0 unspecified atom stereocenters. The summed E-state index contributed by atoms with van der Waals surface area (Å²) in [5.41, 5.74) is 2.28. The van der Waals surface area contributed by atoms with Gasteiger partial charge in [0.05, 0.1) is 18.8 Å². The molecule has 0 saturated carbocycles. The van der Waals surface area contributed by atoms with Crippen molar-refractivity contribution in [2.45, 2.75) is 0 Å². The number of methoxy groups -OCH3 is 1. The van der Waals surface area contributed by atoms with Crippen LogP contribution in [0, 0.1) is 0 Å². The lowest BCUT2D eigenvalue weighted by Gasteiger charge is -2.02. The largest absolute Gasteiger partial charge is 0.497 e. The molecule has 0 aliphatic rings. The average Bonchev–Trinajstić information content (AvgIpc) is 3.01. The number of furan rings is 1. The highest BCUT2D eigenvalue weighted by atomic mass is 16.5. The Hall–Kier alpha value is -3.01. The van der Waals surface area contributed by atoms with Gasteiger partial charge in [-0.1, -0.05) is 24.3 Å². The minimum atomic E-state index is -0.395. The van der Waals surface area contributed by atoms with Gasteiger partial charge in [0.2, 0.25) is 0 Å². The molecule has 22 heavy (non-hydrogen) atoms. The number of hydrogen-bond acceptors (Lipinski definition) is 4. The summed E-state index contributed by atoms with van der Waals surface area (Å²) in [6.07, 6.45) is 1.59. The van der Waals surface area contributed by atoms with Crippen LogP contribution in [0.25, 0.3) is 33.1 Å². The van der Waals surface area contributed by atoms with Gasteiger partial charge in [-0.25, -0.2) is 4.79 Å². The first-order chi connectivity index (χ1) is 10.8. The molecule has 108 valence electrons. The molecule has 2 aromatic heterocycles. The normalized spacial score (nSPS) is 11.1. The summed E-state index contributed by atoms with van der Waals surface area (Å²) in [6.45, 7) is 0. The predicted octanol–water partition coefficient (Wildman–Crippen LogP) is 4.21. The molecule has 0 amide bonds. The molecule has 0 fully saturated rings. The smallest absolute Gasteiger partial charge is 0.348 e. The molecular formula is C18H12O4. The van der Waals surface area contributed by atoms with Crippen molar-refractivity contribution in [2.75, 3.05) is 7.11 Å². The van der Waals surface area contributed by atoms with E-state index in [0.29, 0.717) is 16.6 Å². The molecule has 0 radical (unpaired) electrons. The van der Waals surface area contributed by atoms with Gasteiger partial charge in [0.15, 0.2) is 5.58 Å². The van der Waals surface area contributed by atoms with Crippen molar-refractivity contribution in [3.8, 4) is 16.9 Å². The Bertz CT molecular complexity index is 1020. The third-order valence-electron chi connectivity index (χ3n) is 3.73. The Morgan fingerprint density at radius 2 is 1.77 bits per heavy atom. The summed E-state index contributed by atoms with van der Waals surface area (Å²) in [7, 11) is 1.61. The first-order valence-corrected chi connectivity index (χ1v) is 6.85. The zero-order chi connectivity index (χ0) is 15.1. The summed E-state index contributed by atoms with van der Waals surface area (Å²) in [6, 6.07) is 14.8. The molecule has 4 rings (SSSR count). The number of para-hydroxylation sites is 1. The Kier molecular flexibility index (Phi) is 2.76. The van der Waals surface area contributed by atoms with Crippen molar-refractivity contribution < 1.29 is 13.6 Å². The highest BCUT2D eigenvalue weighted by Gasteiger charge is 2.16. The second-order valence-electron chi connectivity index (χ2n) is 4.97. The molecule has 0 spiro atoms. The van der Waals surface area contributed by atoms with E-state index in [1.807, 2.05) is 42.5 Å². The van der Waals surface area contributed by atoms with Crippen molar-refractivity contribution in [3.63, 3.8) is 0 Å². The second kappa shape index (κ2) is 4.77. The van der Waals surface area contributed by atoms with Crippen LogP contribution in [0.2, 0.25) is 0 Å². The fraction of sp³-hybridized carbons (Fsp3) is 0.0556. The number of hydrogen-bond donors (Lipinski definition) is 0. The number of ether oxygens (including phenoxy) is 1. The molecule has 2 aromatic carbocycles. The van der Waals surface area contributed by atoms with E-state index < -0.39 is 5.63 Å². The van der Waals surface area contributed by atoms with Crippen LogP contribution < -0.4 is 10.4 Å². The Balaban J connectivity index is 2.03. The number of fused-ring (bicyclic) bond motifs is 3. The van der Waals surface area contributed by atoms with Crippen LogP contribution in [0.1, 0.15) is 0 Å². The highest BCUT2D eigenvalue weighted by Crippen LogP contribution is 2.33. The fourth-order valence-electron chi connectivity index (χ4n) is 2.64. The molecule has 0 bridgehead atoms. The summed E-state index contributed by atoms with van der Waals surface area (Å²) < 4.78 is 16.2. The zero-order valence-electron chi connectivity index (χ0n) is 11.8. The quantitative estimate of drug-likeness (QED) is 0.519.